The Balaban J connectivity index is 1.63. The molecule has 8 heteroatoms. The molecule has 0 bridgehead atoms. The molecule has 2 aromatic carbocycles. The second-order valence-electron chi connectivity index (χ2n) is 7.42. The van der Waals surface area contributed by atoms with Crippen LogP contribution in [-0.2, 0) is 4.79 Å². The molecule has 0 radical (unpaired) electrons. The highest BCUT2D eigenvalue weighted by atomic mass is 19.1. The van der Waals surface area contributed by atoms with Crippen LogP contribution in [-0.4, -0.2) is 27.7 Å². The van der Waals surface area contributed by atoms with E-state index < -0.39 is 23.6 Å². The molecule has 3 atom stereocenters. The molecule has 152 valence electrons. The van der Waals surface area contributed by atoms with Crippen molar-refractivity contribution < 1.29 is 18.3 Å². The van der Waals surface area contributed by atoms with Gasteiger partial charge in [-0.15, -0.1) is 0 Å². The summed E-state index contributed by atoms with van der Waals surface area (Å²) in [5, 5.41) is 7.38. The maximum Gasteiger partial charge on any atom is 0.226 e. The highest BCUT2D eigenvalue weighted by molar-refractivity contribution is 5.89. The number of fused-ring (bicyclic) bond motifs is 2. The second kappa shape index (κ2) is 7.05. The zero-order valence-corrected chi connectivity index (χ0v) is 16.0. The van der Waals surface area contributed by atoms with Crippen LogP contribution in [0.3, 0.4) is 0 Å². The van der Waals surface area contributed by atoms with Gasteiger partial charge < -0.3 is 10.1 Å². The number of methoxy groups -OCH3 is 1. The number of benzene rings is 2. The van der Waals surface area contributed by atoms with E-state index in [2.05, 4.69) is 15.4 Å². The van der Waals surface area contributed by atoms with Crippen LogP contribution >= 0.6 is 0 Å². The van der Waals surface area contributed by atoms with Gasteiger partial charge in [-0.3, -0.25) is 4.79 Å². The van der Waals surface area contributed by atoms with Gasteiger partial charge in [0.25, 0.3) is 0 Å². The summed E-state index contributed by atoms with van der Waals surface area (Å²) < 4.78 is 34.9. The Labute approximate surface area is 171 Å². The van der Waals surface area contributed by atoms with Crippen molar-refractivity contribution in [2.24, 2.45) is 5.92 Å². The Morgan fingerprint density at radius 1 is 1.17 bits per heavy atom. The molecule has 0 saturated heterocycles. The fraction of sp³-hybridized carbons (Fsp3) is 0.227. The first-order valence-electron chi connectivity index (χ1n) is 9.55. The molecule has 0 fully saturated rings. The predicted molar refractivity (Wildman–Crippen MR) is 105 cm³/mol. The Morgan fingerprint density at radius 2 is 1.93 bits per heavy atom. The van der Waals surface area contributed by atoms with Gasteiger partial charge >= 0.3 is 0 Å². The highest BCUT2D eigenvalue weighted by Gasteiger charge is 2.43. The van der Waals surface area contributed by atoms with Crippen molar-refractivity contribution in [3.05, 3.63) is 83.3 Å². The van der Waals surface area contributed by atoms with E-state index in [9.17, 15) is 13.6 Å². The number of carbonyl (C=O) groups excluding carboxylic acids is 1. The first kappa shape index (κ1) is 18.5. The van der Waals surface area contributed by atoms with E-state index in [0.29, 0.717) is 23.0 Å². The molecule has 0 saturated carbocycles. The minimum absolute atomic E-state index is 0.0493. The third kappa shape index (κ3) is 2.96. The van der Waals surface area contributed by atoms with E-state index in [-0.39, 0.29) is 18.1 Å². The number of ketones is 1. The van der Waals surface area contributed by atoms with Crippen molar-refractivity contribution in [1.82, 2.24) is 14.8 Å². The van der Waals surface area contributed by atoms with Crippen LogP contribution in [0.1, 0.15) is 29.5 Å². The van der Waals surface area contributed by atoms with Gasteiger partial charge in [-0.25, -0.2) is 13.5 Å². The number of para-hydroxylation sites is 1. The van der Waals surface area contributed by atoms with Crippen LogP contribution in [0.5, 0.6) is 5.75 Å². The van der Waals surface area contributed by atoms with E-state index in [1.807, 2.05) is 30.3 Å². The lowest BCUT2D eigenvalue weighted by molar-refractivity contribution is -0.123. The Morgan fingerprint density at radius 3 is 2.70 bits per heavy atom. The number of anilines is 1. The van der Waals surface area contributed by atoms with Crippen molar-refractivity contribution in [2.45, 2.75) is 18.4 Å². The van der Waals surface area contributed by atoms with Crippen LogP contribution < -0.4 is 10.1 Å². The van der Waals surface area contributed by atoms with Gasteiger partial charge in [0.1, 0.15) is 29.5 Å². The molecule has 0 spiro atoms. The summed E-state index contributed by atoms with van der Waals surface area (Å²) in [5.41, 5.74) is 1.89. The molecule has 30 heavy (non-hydrogen) atoms. The zero-order valence-electron chi connectivity index (χ0n) is 16.0. The topological polar surface area (TPSA) is 69.0 Å². The number of halogens is 2. The Kier molecular flexibility index (Phi) is 4.34. The van der Waals surface area contributed by atoms with Crippen molar-refractivity contribution in [2.75, 3.05) is 12.4 Å². The molecule has 3 aromatic rings. The standard InChI is InChI=1S/C22H18F2N4O2/c1-30-19-5-3-2-4-16(19)12-8-17-20(18(29)9-12)21(28-22(27-17)25-11-26-28)13-6-14(23)10-15(24)7-13/h2-8,10-12,20-21H,9H2,1H3,(H,25,26,27)/t12-,20-,21-/m0/s1. The maximum absolute atomic E-state index is 14.0. The summed E-state index contributed by atoms with van der Waals surface area (Å²) in [5.74, 6) is -1.17. The smallest absolute Gasteiger partial charge is 0.226 e. The van der Waals surface area contributed by atoms with Crippen LogP contribution in [0.15, 0.2) is 60.6 Å². The minimum Gasteiger partial charge on any atom is -0.496 e. The van der Waals surface area contributed by atoms with E-state index in [4.69, 9.17) is 4.74 Å². The van der Waals surface area contributed by atoms with Crippen molar-refractivity contribution in [1.29, 1.82) is 0 Å². The monoisotopic (exact) mass is 408 g/mol. The van der Waals surface area contributed by atoms with Crippen molar-refractivity contribution >= 4 is 11.7 Å². The van der Waals surface area contributed by atoms with Crippen molar-refractivity contribution in [3.8, 4) is 5.75 Å². The molecule has 2 heterocycles. The largest absolute Gasteiger partial charge is 0.496 e. The third-order valence-corrected chi connectivity index (χ3v) is 5.66. The van der Waals surface area contributed by atoms with Gasteiger partial charge in [0.2, 0.25) is 5.95 Å². The Bertz CT molecular complexity index is 1150. The predicted octanol–water partition coefficient (Wildman–Crippen LogP) is 3.84. The molecule has 1 aliphatic heterocycles. The van der Waals surface area contributed by atoms with Crippen LogP contribution in [0.25, 0.3) is 0 Å². The number of ether oxygens (including phenoxy) is 1. The molecule has 1 aromatic heterocycles. The van der Waals surface area contributed by atoms with Gasteiger partial charge in [-0.05, 0) is 23.8 Å². The minimum atomic E-state index is -0.703. The summed E-state index contributed by atoms with van der Waals surface area (Å²) in [6.45, 7) is 0. The van der Waals surface area contributed by atoms with Gasteiger partial charge in [0, 0.05) is 29.7 Å². The van der Waals surface area contributed by atoms with E-state index >= 15 is 0 Å². The SMILES string of the molecule is COc1ccccc1[C@H]1C=C2Nc3ncnn3[C@@H](c3cc(F)cc(F)c3)[C@@H]2C(=O)C1. The average Bonchev–Trinajstić information content (AvgIpc) is 3.19. The number of carbonyl (C=O) groups is 1. The number of nitrogens with one attached hydrogen (secondary N) is 1. The normalized spacial score (nSPS) is 22.6. The molecule has 1 N–H and O–H groups in total. The number of rotatable bonds is 3. The van der Waals surface area contributed by atoms with E-state index in [1.54, 1.807) is 7.11 Å². The Hall–Kier alpha value is -3.55. The summed E-state index contributed by atoms with van der Waals surface area (Å²) in [6, 6.07) is 10.2. The highest BCUT2D eigenvalue weighted by Crippen LogP contribution is 2.45. The number of nitrogens with zero attached hydrogens (tertiary/aromatic N) is 3. The summed E-state index contributed by atoms with van der Waals surface area (Å²) in [6.07, 6.45) is 3.57. The average molecular weight is 408 g/mol. The lowest BCUT2D eigenvalue weighted by atomic mass is 9.75. The van der Waals surface area contributed by atoms with Gasteiger partial charge in [-0.1, -0.05) is 24.3 Å². The number of hydrogen-bond acceptors (Lipinski definition) is 5. The molecular formula is C22H18F2N4O2. The molecule has 0 unspecified atom stereocenters. The second-order valence-corrected chi connectivity index (χ2v) is 7.42. The number of Topliss-reactive ketones (excluding diaryl/α,β-unsaturated/α-hetero) is 1. The van der Waals surface area contributed by atoms with Gasteiger partial charge in [0.05, 0.1) is 19.1 Å². The number of hydrogen-bond donors (Lipinski definition) is 1. The molecular weight excluding hydrogens is 390 g/mol. The fourth-order valence-electron chi connectivity index (χ4n) is 4.43. The fourth-order valence-corrected chi connectivity index (χ4v) is 4.43. The summed E-state index contributed by atoms with van der Waals surface area (Å²) in [4.78, 5) is 17.5. The number of allylic oxidation sites excluding steroid dienone is 2. The molecule has 2 aliphatic rings. The molecule has 1 aliphatic carbocycles. The lowest BCUT2D eigenvalue weighted by Crippen LogP contribution is -2.40. The van der Waals surface area contributed by atoms with E-state index in [0.717, 1.165) is 11.6 Å². The first-order chi connectivity index (χ1) is 14.5. The summed E-state index contributed by atoms with van der Waals surface area (Å²) >= 11 is 0. The summed E-state index contributed by atoms with van der Waals surface area (Å²) in [7, 11) is 1.59. The first-order valence-corrected chi connectivity index (χ1v) is 9.55. The van der Waals surface area contributed by atoms with Gasteiger partial charge in [0.15, 0.2) is 0 Å². The molecule has 0 amide bonds. The zero-order chi connectivity index (χ0) is 20.8. The van der Waals surface area contributed by atoms with Crippen LogP contribution in [0.4, 0.5) is 14.7 Å². The van der Waals surface area contributed by atoms with Crippen LogP contribution in [0, 0.1) is 17.6 Å². The van der Waals surface area contributed by atoms with Gasteiger partial charge in [-0.2, -0.15) is 10.1 Å². The van der Waals surface area contributed by atoms with Crippen molar-refractivity contribution in [3.63, 3.8) is 0 Å². The number of aromatic nitrogens is 3. The maximum atomic E-state index is 14.0. The molecule has 6 nitrogen and oxygen atoms in total. The molecule has 5 rings (SSSR count). The lowest BCUT2D eigenvalue weighted by Gasteiger charge is -2.38. The quantitative estimate of drug-likeness (QED) is 0.713. The van der Waals surface area contributed by atoms with Crippen LogP contribution in [0.2, 0.25) is 0 Å². The van der Waals surface area contributed by atoms with E-state index in [1.165, 1.54) is 23.1 Å². The third-order valence-electron chi connectivity index (χ3n) is 5.66.